The lowest BCUT2D eigenvalue weighted by Gasteiger charge is -2.13. The molecule has 0 spiro atoms. The summed E-state index contributed by atoms with van der Waals surface area (Å²) in [6.07, 6.45) is 3.33. The van der Waals surface area contributed by atoms with E-state index in [0.717, 1.165) is 0 Å². The van der Waals surface area contributed by atoms with Crippen LogP contribution in [0.2, 0.25) is 0 Å². The zero-order valence-electron chi connectivity index (χ0n) is 10.1. The fourth-order valence-corrected chi connectivity index (χ4v) is 1.31. The van der Waals surface area contributed by atoms with E-state index >= 15 is 0 Å². The van der Waals surface area contributed by atoms with Gasteiger partial charge in [-0.3, -0.25) is 4.79 Å². The summed E-state index contributed by atoms with van der Waals surface area (Å²) in [6, 6.07) is 0.142. The van der Waals surface area contributed by atoms with E-state index in [1.807, 2.05) is 20.8 Å². The molecule has 3 N–H and O–H groups in total. The van der Waals surface area contributed by atoms with Gasteiger partial charge < -0.3 is 15.6 Å². The van der Waals surface area contributed by atoms with Crippen molar-refractivity contribution in [3.8, 4) is 0 Å². The first-order valence-corrected chi connectivity index (χ1v) is 5.57. The quantitative estimate of drug-likeness (QED) is 0.777. The number of nitrogens with zero attached hydrogens (tertiary/aromatic N) is 2. The number of hydrogen-bond donors (Lipinski definition) is 2. The topological polar surface area (TPSA) is 72.9 Å². The summed E-state index contributed by atoms with van der Waals surface area (Å²) in [7, 11) is 0. The molecule has 1 atom stereocenters. The molecule has 1 aromatic rings. The Kier molecular flexibility index (Phi) is 4.49. The molecule has 90 valence electrons. The second kappa shape index (κ2) is 5.65. The fourth-order valence-electron chi connectivity index (χ4n) is 1.31. The first-order chi connectivity index (χ1) is 7.56. The predicted molar refractivity (Wildman–Crippen MR) is 65.6 cm³/mol. The maximum Gasteiger partial charge on any atom is 0.293 e. The highest BCUT2D eigenvalue weighted by Crippen LogP contribution is 2.02. The van der Waals surface area contributed by atoms with Gasteiger partial charge in [-0.15, -0.1) is 0 Å². The van der Waals surface area contributed by atoms with Crippen LogP contribution in [0.1, 0.15) is 26.8 Å². The van der Waals surface area contributed by atoms with Crippen LogP contribution >= 0.6 is 0 Å². The lowest BCUT2D eigenvalue weighted by atomic mass is 10.2. The Hall–Kier alpha value is -1.36. The summed E-state index contributed by atoms with van der Waals surface area (Å²) in [6.45, 7) is 7.22. The van der Waals surface area contributed by atoms with Crippen LogP contribution in [0.25, 0.3) is 0 Å². The van der Waals surface area contributed by atoms with Gasteiger partial charge in [0.15, 0.2) is 5.82 Å². The van der Waals surface area contributed by atoms with Gasteiger partial charge in [0.2, 0.25) is 0 Å². The van der Waals surface area contributed by atoms with Crippen LogP contribution in [-0.4, -0.2) is 22.6 Å². The molecule has 0 saturated heterocycles. The fraction of sp³-hybridized carbons (Fsp3) is 0.636. The summed E-state index contributed by atoms with van der Waals surface area (Å²) in [5.74, 6) is 0.727. The van der Waals surface area contributed by atoms with E-state index in [0.29, 0.717) is 24.8 Å². The molecule has 16 heavy (non-hydrogen) atoms. The minimum Gasteiger partial charge on any atom is -0.365 e. The summed E-state index contributed by atoms with van der Waals surface area (Å²) in [5, 5.41) is 3.03. The van der Waals surface area contributed by atoms with Crippen molar-refractivity contribution in [2.24, 2.45) is 11.7 Å². The monoisotopic (exact) mass is 224 g/mol. The number of anilines is 1. The highest BCUT2D eigenvalue weighted by molar-refractivity contribution is 5.30. The number of aromatic nitrogens is 2. The van der Waals surface area contributed by atoms with Crippen molar-refractivity contribution in [1.29, 1.82) is 0 Å². The summed E-state index contributed by atoms with van der Waals surface area (Å²) < 4.78 is 1.66. The Labute approximate surface area is 95.7 Å². The Morgan fingerprint density at radius 2 is 2.19 bits per heavy atom. The molecule has 1 heterocycles. The van der Waals surface area contributed by atoms with Crippen LogP contribution in [0, 0.1) is 5.92 Å². The molecule has 0 aliphatic rings. The molecular formula is C11H20N4O. The van der Waals surface area contributed by atoms with Gasteiger partial charge in [0.1, 0.15) is 0 Å². The first-order valence-electron chi connectivity index (χ1n) is 5.57. The number of rotatable bonds is 5. The Morgan fingerprint density at radius 1 is 1.50 bits per heavy atom. The van der Waals surface area contributed by atoms with Gasteiger partial charge in [0.25, 0.3) is 5.56 Å². The van der Waals surface area contributed by atoms with E-state index in [4.69, 9.17) is 5.73 Å². The molecule has 5 nitrogen and oxygen atoms in total. The van der Waals surface area contributed by atoms with Gasteiger partial charge in [-0.05, 0) is 26.3 Å². The van der Waals surface area contributed by atoms with Crippen molar-refractivity contribution in [3.05, 3.63) is 22.7 Å². The number of nitrogens with two attached hydrogens (primary N) is 1. The Balaban J connectivity index is 2.82. The van der Waals surface area contributed by atoms with Gasteiger partial charge in [-0.25, -0.2) is 4.98 Å². The summed E-state index contributed by atoms with van der Waals surface area (Å²) >= 11 is 0. The minimum atomic E-state index is -0.0817. The van der Waals surface area contributed by atoms with Crippen LogP contribution < -0.4 is 16.6 Å². The highest BCUT2D eigenvalue weighted by atomic mass is 16.1. The van der Waals surface area contributed by atoms with Crippen LogP contribution in [0.15, 0.2) is 17.2 Å². The predicted octanol–water partition coefficient (Wildman–Crippen LogP) is 0.831. The van der Waals surface area contributed by atoms with Crippen molar-refractivity contribution in [2.75, 3.05) is 18.4 Å². The van der Waals surface area contributed by atoms with Gasteiger partial charge >= 0.3 is 0 Å². The largest absolute Gasteiger partial charge is 0.365 e. The SMILES string of the molecule is CC(CN)CNc1nccn(C(C)C)c1=O. The molecule has 0 aliphatic carbocycles. The van der Waals surface area contributed by atoms with Crippen molar-refractivity contribution in [2.45, 2.75) is 26.8 Å². The van der Waals surface area contributed by atoms with Crippen molar-refractivity contribution >= 4 is 5.82 Å². The van der Waals surface area contributed by atoms with Crippen LogP contribution in [-0.2, 0) is 0 Å². The summed E-state index contributed by atoms with van der Waals surface area (Å²) in [4.78, 5) is 16.0. The second-order valence-corrected chi connectivity index (χ2v) is 4.30. The molecule has 0 bridgehead atoms. The molecule has 0 amide bonds. The van der Waals surface area contributed by atoms with E-state index in [-0.39, 0.29) is 11.6 Å². The van der Waals surface area contributed by atoms with Crippen molar-refractivity contribution in [3.63, 3.8) is 0 Å². The van der Waals surface area contributed by atoms with E-state index in [1.165, 1.54) is 0 Å². The van der Waals surface area contributed by atoms with E-state index in [2.05, 4.69) is 10.3 Å². The zero-order valence-corrected chi connectivity index (χ0v) is 10.1. The molecule has 0 saturated carbocycles. The molecule has 1 unspecified atom stereocenters. The lowest BCUT2D eigenvalue weighted by molar-refractivity contribution is 0.572. The molecular weight excluding hydrogens is 204 g/mol. The molecule has 0 aliphatic heterocycles. The van der Waals surface area contributed by atoms with E-state index in [1.54, 1.807) is 17.0 Å². The van der Waals surface area contributed by atoms with Crippen LogP contribution in [0.5, 0.6) is 0 Å². The van der Waals surface area contributed by atoms with Crippen LogP contribution in [0.3, 0.4) is 0 Å². The number of nitrogens with one attached hydrogen (secondary N) is 1. The van der Waals surface area contributed by atoms with Crippen LogP contribution in [0.4, 0.5) is 5.82 Å². The normalized spacial score (nSPS) is 12.8. The second-order valence-electron chi connectivity index (χ2n) is 4.30. The average molecular weight is 224 g/mol. The third-order valence-electron chi connectivity index (χ3n) is 2.44. The third kappa shape index (κ3) is 3.06. The van der Waals surface area contributed by atoms with Crippen molar-refractivity contribution < 1.29 is 0 Å². The molecule has 0 radical (unpaired) electrons. The van der Waals surface area contributed by atoms with Gasteiger partial charge in [-0.1, -0.05) is 6.92 Å². The lowest BCUT2D eigenvalue weighted by Crippen LogP contribution is -2.28. The third-order valence-corrected chi connectivity index (χ3v) is 2.44. The number of hydrogen-bond acceptors (Lipinski definition) is 4. The first kappa shape index (κ1) is 12.7. The van der Waals surface area contributed by atoms with Gasteiger partial charge in [-0.2, -0.15) is 0 Å². The molecule has 1 rings (SSSR count). The average Bonchev–Trinajstić information content (AvgIpc) is 2.26. The summed E-state index contributed by atoms with van der Waals surface area (Å²) in [5.41, 5.74) is 5.43. The highest BCUT2D eigenvalue weighted by Gasteiger charge is 2.07. The molecule has 1 aromatic heterocycles. The smallest absolute Gasteiger partial charge is 0.293 e. The van der Waals surface area contributed by atoms with Gasteiger partial charge in [0.05, 0.1) is 0 Å². The Morgan fingerprint density at radius 3 is 2.75 bits per heavy atom. The standard InChI is InChI=1S/C11H20N4O/c1-8(2)15-5-4-13-10(11(15)16)14-7-9(3)6-12/h4-5,8-9H,6-7,12H2,1-3H3,(H,13,14). The van der Waals surface area contributed by atoms with Gasteiger partial charge in [0, 0.05) is 25.0 Å². The molecule has 5 heteroatoms. The Bertz CT molecular complexity index is 386. The van der Waals surface area contributed by atoms with Crippen molar-refractivity contribution in [1.82, 2.24) is 9.55 Å². The molecule has 0 fully saturated rings. The minimum absolute atomic E-state index is 0.0817. The zero-order chi connectivity index (χ0) is 12.1. The van der Waals surface area contributed by atoms with E-state index in [9.17, 15) is 4.79 Å². The van der Waals surface area contributed by atoms with E-state index < -0.39 is 0 Å². The molecule has 0 aromatic carbocycles. The maximum absolute atomic E-state index is 11.9. The maximum atomic E-state index is 11.9.